The molecule has 74 valence electrons. The van der Waals surface area contributed by atoms with Crippen molar-refractivity contribution in [3.8, 4) is 0 Å². The van der Waals surface area contributed by atoms with Gasteiger partial charge in [-0.05, 0) is 6.07 Å². The Balaban J connectivity index is 2.65. The highest BCUT2D eigenvalue weighted by molar-refractivity contribution is 6.06. The molecule has 0 radical (unpaired) electrons. The molecule has 0 N–H and O–H groups in total. The second-order valence-electron chi connectivity index (χ2n) is 3.29. The summed E-state index contributed by atoms with van der Waals surface area (Å²) < 4.78 is 0. The van der Waals surface area contributed by atoms with Gasteiger partial charge in [-0.25, -0.2) is 9.97 Å². The Morgan fingerprint density at radius 3 is 2.36 bits per heavy atom. The first kappa shape index (κ1) is 10.5. The summed E-state index contributed by atoms with van der Waals surface area (Å²) in [5.74, 6) is -0.407. The quantitative estimate of drug-likeness (QED) is 0.532. The Hall–Kier alpha value is -1.58. The average molecular weight is 192 g/mol. The summed E-state index contributed by atoms with van der Waals surface area (Å²) >= 11 is 0. The predicted molar refractivity (Wildman–Crippen MR) is 50.8 cm³/mol. The van der Waals surface area contributed by atoms with Gasteiger partial charge in [0.2, 0.25) is 5.78 Å². The van der Waals surface area contributed by atoms with Crippen LogP contribution in [0.2, 0.25) is 0 Å². The third kappa shape index (κ3) is 2.73. The van der Waals surface area contributed by atoms with Crippen molar-refractivity contribution in [2.45, 2.75) is 20.3 Å². The maximum atomic E-state index is 11.4. The standard InChI is InChI=1S/C10H12N2O2/c1-7(2)8(13)6-9(14)10-11-4-3-5-12-10/h3-5,7H,6H2,1-2H3. The van der Waals surface area contributed by atoms with Crippen molar-refractivity contribution in [2.24, 2.45) is 5.92 Å². The summed E-state index contributed by atoms with van der Waals surface area (Å²) in [6, 6.07) is 1.63. The zero-order valence-electron chi connectivity index (χ0n) is 8.23. The molecule has 0 aliphatic heterocycles. The first-order chi connectivity index (χ1) is 6.61. The largest absolute Gasteiger partial charge is 0.299 e. The number of aromatic nitrogens is 2. The number of hydrogen-bond acceptors (Lipinski definition) is 4. The third-order valence-corrected chi connectivity index (χ3v) is 1.79. The van der Waals surface area contributed by atoms with E-state index in [0.29, 0.717) is 0 Å². The Labute approximate surface area is 82.4 Å². The normalized spacial score (nSPS) is 10.2. The van der Waals surface area contributed by atoms with Crippen molar-refractivity contribution >= 4 is 11.6 Å². The van der Waals surface area contributed by atoms with Crippen molar-refractivity contribution in [3.63, 3.8) is 0 Å². The minimum Gasteiger partial charge on any atom is -0.299 e. The SMILES string of the molecule is CC(C)C(=O)CC(=O)c1ncccn1. The first-order valence-electron chi connectivity index (χ1n) is 4.44. The lowest BCUT2D eigenvalue weighted by molar-refractivity contribution is -0.121. The van der Waals surface area contributed by atoms with Crippen LogP contribution >= 0.6 is 0 Å². The van der Waals surface area contributed by atoms with Gasteiger partial charge >= 0.3 is 0 Å². The molecular formula is C10H12N2O2. The highest BCUT2D eigenvalue weighted by Gasteiger charge is 2.15. The highest BCUT2D eigenvalue weighted by Crippen LogP contribution is 2.02. The first-order valence-corrected chi connectivity index (χ1v) is 4.44. The zero-order chi connectivity index (χ0) is 10.6. The number of nitrogens with zero attached hydrogens (tertiary/aromatic N) is 2. The van der Waals surface area contributed by atoms with Crippen molar-refractivity contribution in [1.82, 2.24) is 9.97 Å². The summed E-state index contributed by atoms with van der Waals surface area (Å²) in [5.41, 5.74) is 0. The van der Waals surface area contributed by atoms with Crippen LogP contribution < -0.4 is 0 Å². The van der Waals surface area contributed by atoms with Crippen LogP contribution in [0.1, 0.15) is 30.9 Å². The van der Waals surface area contributed by atoms with E-state index in [9.17, 15) is 9.59 Å². The van der Waals surface area contributed by atoms with Crippen LogP contribution in [0.15, 0.2) is 18.5 Å². The molecule has 0 amide bonds. The summed E-state index contributed by atoms with van der Waals surface area (Å²) in [5, 5.41) is 0. The van der Waals surface area contributed by atoms with Gasteiger partial charge in [0.05, 0.1) is 6.42 Å². The summed E-state index contributed by atoms with van der Waals surface area (Å²) in [6.07, 6.45) is 2.86. The van der Waals surface area contributed by atoms with Gasteiger partial charge in [-0.2, -0.15) is 0 Å². The van der Waals surface area contributed by atoms with E-state index in [4.69, 9.17) is 0 Å². The fourth-order valence-corrected chi connectivity index (χ4v) is 0.885. The van der Waals surface area contributed by atoms with Crippen LogP contribution in [0.4, 0.5) is 0 Å². The number of rotatable bonds is 4. The van der Waals surface area contributed by atoms with Crippen molar-refractivity contribution < 1.29 is 9.59 Å². The molecule has 0 fully saturated rings. The maximum Gasteiger partial charge on any atom is 0.207 e. The smallest absolute Gasteiger partial charge is 0.207 e. The van der Waals surface area contributed by atoms with E-state index in [0.717, 1.165) is 0 Å². The monoisotopic (exact) mass is 192 g/mol. The summed E-state index contributed by atoms with van der Waals surface area (Å²) in [7, 11) is 0. The Morgan fingerprint density at radius 2 is 1.86 bits per heavy atom. The number of carbonyl (C=O) groups excluding carboxylic acids is 2. The molecule has 1 aromatic heterocycles. The van der Waals surface area contributed by atoms with Crippen LogP contribution in [-0.2, 0) is 4.79 Å². The molecule has 0 bridgehead atoms. The minimum absolute atomic E-state index is 0.0811. The van der Waals surface area contributed by atoms with E-state index in [1.165, 1.54) is 12.4 Å². The van der Waals surface area contributed by atoms with Crippen molar-refractivity contribution in [1.29, 1.82) is 0 Å². The predicted octanol–water partition coefficient (Wildman–Crippen LogP) is 1.27. The lowest BCUT2D eigenvalue weighted by Crippen LogP contribution is -2.15. The van der Waals surface area contributed by atoms with Gasteiger partial charge < -0.3 is 0 Å². The molecule has 0 saturated carbocycles. The molecule has 1 rings (SSSR count). The maximum absolute atomic E-state index is 11.4. The number of hydrogen-bond donors (Lipinski definition) is 0. The lowest BCUT2D eigenvalue weighted by atomic mass is 10.0. The van der Waals surface area contributed by atoms with Crippen molar-refractivity contribution in [2.75, 3.05) is 0 Å². The Morgan fingerprint density at radius 1 is 1.29 bits per heavy atom. The topological polar surface area (TPSA) is 59.9 Å². The van der Waals surface area contributed by atoms with Gasteiger partial charge in [0, 0.05) is 18.3 Å². The van der Waals surface area contributed by atoms with Gasteiger partial charge in [0.15, 0.2) is 5.82 Å². The molecule has 0 saturated heterocycles. The molecule has 14 heavy (non-hydrogen) atoms. The second kappa shape index (κ2) is 4.60. The molecule has 4 heteroatoms. The van der Waals surface area contributed by atoms with Crippen LogP contribution in [0.25, 0.3) is 0 Å². The summed E-state index contributed by atoms with van der Waals surface area (Å²) in [4.78, 5) is 30.2. The zero-order valence-corrected chi connectivity index (χ0v) is 8.23. The Kier molecular flexibility index (Phi) is 3.45. The molecule has 0 spiro atoms. The van der Waals surface area contributed by atoms with E-state index in [1.807, 2.05) is 0 Å². The number of ketones is 2. The second-order valence-corrected chi connectivity index (χ2v) is 3.29. The fourth-order valence-electron chi connectivity index (χ4n) is 0.885. The molecular weight excluding hydrogens is 180 g/mol. The molecule has 1 heterocycles. The van der Waals surface area contributed by atoms with E-state index < -0.39 is 0 Å². The molecule has 0 atom stereocenters. The average Bonchev–Trinajstić information content (AvgIpc) is 2.19. The van der Waals surface area contributed by atoms with Gasteiger partial charge in [-0.1, -0.05) is 13.8 Å². The van der Waals surface area contributed by atoms with Gasteiger partial charge in [-0.15, -0.1) is 0 Å². The van der Waals surface area contributed by atoms with Gasteiger partial charge in [-0.3, -0.25) is 9.59 Å². The van der Waals surface area contributed by atoms with Crippen LogP contribution in [0.3, 0.4) is 0 Å². The minimum atomic E-state index is -0.315. The van der Waals surface area contributed by atoms with Gasteiger partial charge in [0.25, 0.3) is 0 Å². The molecule has 0 aliphatic rings. The molecule has 0 aliphatic carbocycles. The molecule has 0 unspecified atom stereocenters. The van der Waals surface area contributed by atoms with E-state index >= 15 is 0 Å². The van der Waals surface area contributed by atoms with Crippen LogP contribution in [0, 0.1) is 5.92 Å². The van der Waals surface area contributed by atoms with E-state index in [2.05, 4.69) is 9.97 Å². The van der Waals surface area contributed by atoms with E-state index in [1.54, 1.807) is 19.9 Å². The molecule has 0 aromatic carbocycles. The highest BCUT2D eigenvalue weighted by atomic mass is 16.1. The molecule has 1 aromatic rings. The Bertz CT molecular complexity index is 333. The summed E-state index contributed by atoms with van der Waals surface area (Å²) in [6.45, 7) is 3.53. The van der Waals surface area contributed by atoms with Crippen LogP contribution in [-0.4, -0.2) is 21.5 Å². The van der Waals surface area contributed by atoms with E-state index in [-0.39, 0.29) is 29.7 Å². The number of Topliss-reactive ketones (excluding diaryl/α,β-unsaturated/α-hetero) is 2. The van der Waals surface area contributed by atoms with Crippen LogP contribution in [0.5, 0.6) is 0 Å². The lowest BCUT2D eigenvalue weighted by Gasteiger charge is -2.01. The van der Waals surface area contributed by atoms with Crippen molar-refractivity contribution in [3.05, 3.63) is 24.3 Å². The fraction of sp³-hybridized carbons (Fsp3) is 0.400. The number of carbonyl (C=O) groups is 2. The molecule has 4 nitrogen and oxygen atoms in total. The van der Waals surface area contributed by atoms with Gasteiger partial charge in [0.1, 0.15) is 5.78 Å². The third-order valence-electron chi connectivity index (χ3n) is 1.79.